The first-order chi connectivity index (χ1) is 11.8. The lowest BCUT2D eigenvalue weighted by molar-refractivity contribution is 0.0378. The molecule has 0 fully saturated rings. The summed E-state index contributed by atoms with van der Waals surface area (Å²) < 4.78 is 10.8. The van der Waals surface area contributed by atoms with Crippen LogP contribution >= 0.6 is 11.3 Å². The summed E-state index contributed by atoms with van der Waals surface area (Å²) >= 11 is 1.48. The first kappa shape index (κ1) is 17.7. The third kappa shape index (κ3) is 3.79. The molecular weight excluding hydrogens is 338 g/mol. The molecule has 0 saturated heterocycles. The zero-order valence-corrected chi connectivity index (χ0v) is 15.8. The third-order valence-corrected chi connectivity index (χ3v) is 5.42. The van der Waals surface area contributed by atoms with Crippen molar-refractivity contribution in [3.05, 3.63) is 39.7 Å². The summed E-state index contributed by atoms with van der Waals surface area (Å²) in [5.41, 5.74) is 1.54. The van der Waals surface area contributed by atoms with E-state index in [4.69, 9.17) is 9.15 Å². The van der Waals surface area contributed by atoms with Crippen LogP contribution in [-0.4, -0.2) is 18.0 Å². The summed E-state index contributed by atoms with van der Waals surface area (Å²) in [6, 6.07) is 3.37. The highest BCUT2D eigenvalue weighted by atomic mass is 32.1. The monoisotopic (exact) mass is 361 g/mol. The zero-order valence-electron chi connectivity index (χ0n) is 15.0. The Hall–Kier alpha value is -2.08. The van der Waals surface area contributed by atoms with Gasteiger partial charge >= 0.3 is 5.97 Å². The number of carbonyl (C=O) groups is 2. The van der Waals surface area contributed by atoms with Crippen molar-refractivity contribution in [2.24, 2.45) is 5.92 Å². The molecule has 6 heteroatoms. The van der Waals surface area contributed by atoms with E-state index in [1.54, 1.807) is 19.1 Å². The van der Waals surface area contributed by atoms with Crippen LogP contribution in [0.25, 0.3) is 0 Å². The number of fused-ring (bicyclic) bond motifs is 1. The number of esters is 1. The van der Waals surface area contributed by atoms with Gasteiger partial charge in [0.25, 0.3) is 5.91 Å². The van der Waals surface area contributed by atoms with E-state index >= 15 is 0 Å². The molecule has 134 valence electrons. The lowest BCUT2D eigenvalue weighted by Crippen LogP contribution is -2.18. The summed E-state index contributed by atoms with van der Waals surface area (Å²) in [5, 5.41) is 3.41. The minimum Gasteiger partial charge on any atom is -0.459 e. The Morgan fingerprint density at radius 2 is 2.12 bits per heavy atom. The largest absolute Gasteiger partial charge is 0.459 e. The van der Waals surface area contributed by atoms with Crippen molar-refractivity contribution in [2.75, 3.05) is 5.32 Å². The Bertz CT molecular complexity index is 802. The predicted molar refractivity (Wildman–Crippen MR) is 97.5 cm³/mol. The van der Waals surface area contributed by atoms with E-state index in [1.807, 2.05) is 13.8 Å². The third-order valence-electron chi connectivity index (χ3n) is 4.25. The zero-order chi connectivity index (χ0) is 18.1. The number of rotatable bonds is 4. The molecule has 1 unspecified atom stereocenters. The fourth-order valence-corrected chi connectivity index (χ4v) is 4.44. The molecule has 2 heterocycles. The Labute approximate surface area is 151 Å². The van der Waals surface area contributed by atoms with Crippen molar-refractivity contribution >= 4 is 28.2 Å². The summed E-state index contributed by atoms with van der Waals surface area (Å²) in [6.07, 6.45) is 2.60. The van der Waals surface area contributed by atoms with Crippen LogP contribution in [0.2, 0.25) is 0 Å². The smallest absolute Gasteiger partial charge is 0.341 e. The van der Waals surface area contributed by atoms with Gasteiger partial charge in [0.05, 0.1) is 11.7 Å². The van der Waals surface area contributed by atoms with Gasteiger partial charge in [-0.1, -0.05) is 6.92 Å². The number of ether oxygens (including phenoxy) is 1. The molecule has 1 atom stereocenters. The number of aryl methyl sites for hydroxylation is 1. The van der Waals surface area contributed by atoms with Crippen LogP contribution in [0.4, 0.5) is 5.00 Å². The van der Waals surface area contributed by atoms with E-state index < -0.39 is 0 Å². The number of nitrogens with one attached hydrogen (secondary N) is 1. The first-order valence-electron chi connectivity index (χ1n) is 8.58. The van der Waals surface area contributed by atoms with Crippen LogP contribution in [0, 0.1) is 12.8 Å². The van der Waals surface area contributed by atoms with Crippen LogP contribution in [0.1, 0.15) is 64.3 Å². The number of carbonyl (C=O) groups excluding carboxylic acids is 2. The number of anilines is 1. The standard InChI is InChI=1S/C19H23NO4S/c1-10(2)23-19(22)16-13-7-5-11(3)9-15(13)25-18(16)20-17(21)14-8-6-12(4)24-14/h6,8,10-11H,5,7,9H2,1-4H3,(H,20,21). The van der Waals surface area contributed by atoms with Gasteiger partial charge in [-0.05, 0) is 63.6 Å². The Kier molecular flexibility index (Phi) is 4.99. The molecule has 3 rings (SSSR count). The maximum Gasteiger partial charge on any atom is 0.341 e. The fraction of sp³-hybridized carbons (Fsp3) is 0.474. The minimum atomic E-state index is -0.368. The maximum absolute atomic E-state index is 12.6. The van der Waals surface area contributed by atoms with Crippen molar-refractivity contribution in [3.63, 3.8) is 0 Å². The molecule has 2 aromatic rings. The Balaban J connectivity index is 1.94. The molecule has 0 aliphatic heterocycles. The highest BCUT2D eigenvalue weighted by Gasteiger charge is 2.30. The summed E-state index contributed by atoms with van der Waals surface area (Å²) in [5.74, 6) is 0.770. The molecule has 0 bridgehead atoms. The summed E-state index contributed by atoms with van der Waals surface area (Å²) in [7, 11) is 0. The van der Waals surface area contributed by atoms with E-state index in [9.17, 15) is 9.59 Å². The van der Waals surface area contributed by atoms with Crippen molar-refractivity contribution < 1.29 is 18.7 Å². The van der Waals surface area contributed by atoms with Crippen LogP contribution in [0.5, 0.6) is 0 Å². The van der Waals surface area contributed by atoms with Crippen molar-refractivity contribution in [1.82, 2.24) is 0 Å². The topological polar surface area (TPSA) is 68.5 Å². The molecule has 1 aliphatic carbocycles. The van der Waals surface area contributed by atoms with Gasteiger partial charge in [0.1, 0.15) is 10.8 Å². The van der Waals surface area contributed by atoms with Gasteiger partial charge in [-0.3, -0.25) is 4.79 Å². The number of hydrogen-bond acceptors (Lipinski definition) is 5. The first-order valence-corrected chi connectivity index (χ1v) is 9.40. The maximum atomic E-state index is 12.6. The second-order valence-corrected chi connectivity index (χ2v) is 7.98. The van der Waals surface area contributed by atoms with E-state index in [0.717, 1.165) is 24.8 Å². The molecule has 0 saturated carbocycles. The number of amides is 1. The fourth-order valence-electron chi connectivity index (χ4n) is 3.05. The van der Waals surface area contributed by atoms with Crippen molar-refractivity contribution in [2.45, 2.75) is 53.1 Å². The average Bonchev–Trinajstić information content (AvgIpc) is 3.09. The quantitative estimate of drug-likeness (QED) is 0.809. The lowest BCUT2D eigenvalue weighted by Gasteiger charge is -2.18. The summed E-state index contributed by atoms with van der Waals surface area (Å²) in [6.45, 7) is 7.64. The number of thiophene rings is 1. The van der Waals surface area contributed by atoms with Gasteiger partial charge in [-0.2, -0.15) is 0 Å². The van der Waals surface area contributed by atoms with Crippen LogP contribution in [-0.2, 0) is 17.6 Å². The predicted octanol–water partition coefficient (Wildman–Crippen LogP) is 4.59. The molecule has 1 amide bonds. The van der Waals surface area contributed by atoms with Gasteiger partial charge < -0.3 is 14.5 Å². The number of furan rings is 1. The van der Waals surface area contributed by atoms with Gasteiger partial charge in [0.15, 0.2) is 5.76 Å². The summed E-state index contributed by atoms with van der Waals surface area (Å²) in [4.78, 5) is 26.2. The Morgan fingerprint density at radius 1 is 1.36 bits per heavy atom. The normalized spacial score (nSPS) is 16.6. The molecule has 1 aliphatic rings. The second-order valence-electron chi connectivity index (χ2n) is 6.87. The molecule has 0 radical (unpaired) electrons. The minimum absolute atomic E-state index is 0.207. The highest BCUT2D eigenvalue weighted by molar-refractivity contribution is 7.17. The van der Waals surface area contributed by atoms with E-state index in [-0.39, 0.29) is 23.7 Å². The molecule has 5 nitrogen and oxygen atoms in total. The highest BCUT2D eigenvalue weighted by Crippen LogP contribution is 2.40. The van der Waals surface area contributed by atoms with E-state index in [0.29, 0.717) is 22.2 Å². The molecular formula is C19H23NO4S. The van der Waals surface area contributed by atoms with Crippen molar-refractivity contribution in [1.29, 1.82) is 0 Å². The van der Waals surface area contributed by atoms with Crippen LogP contribution < -0.4 is 5.32 Å². The van der Waals surface area contributed by atoms with Gasteiger partial charge in [-0.25, -0.2) is 4.79 Å². The molecule has 2 aromatic heterocycles. The SMILES string of the molecule is Cc1ccc(C(=O)Nc2sc3c(c2C(=O)OC(C)C)CCC(C)C3)o1. The lowest BCUT2D eigenvalue weighted by atomic mass is 9.88. The molecule has 0 spiro atoms. The van der Waals surface area contributed by atoms with Gasteiger partial charge in [0, 0.05) is 4.88 Å². The van der Waals surface area contributed by atoms with Crippen LogP contribution in [0.3, 0.4) is 0 Å². The second kappa shape index (κ2) is 7.04. The average molecular weight is 361 g/mol. The molecule has 1 N–H and O–H groups in total. The van der Waals surface area contributed by atoms with Crippen LogP contribution in [0.15, 0.2) is 16.5 Å². The molecule has 0 aromatic carbocycles. The van der Waals surface area contributed by atoms with Gasteiger partial charge in [-0.15, -0.1) is 11.3 Å². The van der Waals surface area contributed by atoms with Crippen molar-refractivity contribution in [3.8, 4) is 0 Å². The Morgan fingerprint density at radius 3 is 2.76 bits per heavy atom. The van der Waals surface area contributed by atoms with E-state index in [2.05, 4.69) is 12.2 Å². The van der Waals surface area contributed by atoms with Gasteiger partial charge in [0.2, 0.25) is 0 Å². The van der Waals surface area contributed by atoms with E-state index in [1.165, 1.54) is 16.2 Å². The molecule has 25 heavy (non-hydrogen) atoms. The number of hydrogen-bond donors (Lipinski definition) is 1.